The number of thiophene rings is 1. The van der Waals surface area contributed by atoms with E-state index in [0.717, 1.165) is 29.0 Å². The predicted molar refractivity (Wildman–Crippen MR) is 80.6 cm³/mol. The van der Waals surface area contributed by atoms with Crippen LogP contribution in [0.3, 0.4) is 0 Å². The Kier molecular flexibility index (Phi) is 3.39. The summed E-state index contributed by atoms with van der Waals surface area (Å²) < 4.78 is 24.7. The van der Waals surface area contributed by atoms with Gasteiger partial charge in [-0.3, -0.25) is 0 Å². The Labute approximate surface area is 122 Å². The third-order valence-electron chi connectivity index (χ3n) is 3.74. The van der Waals surface area contributed by atoms with E-state index in [-0.39, 0.29) is 6.04 Å². The molecule has 0 amide bonds. The molecule has 1 saturated heterocycles. The lowest BCUT2D eigenvalue weighted by Gasteiger charge is -2.23. The molecule has 0 spiro atoms. The van der Waals surface area contributed by atoms with E-state index in [1.54, 1.807) is 24.7 Å². The lowest BCUT2D eigenvalue weighted by molar-refractivity contribution is 0.393. The van der Waals surface area contributed by atoms with Crippen molar-refractivity contribution in [1.82, 2.24) is 14.3 Å². The molecular weight excluding hydrogens is 296 g/mol. The number of fused-ring (bicyclic) bond motifs is 1. The minimum atomic E-state index is -3.15. The fraction of sp³-hybridized carbons (Fsp3) is 0.500. The third kappa shape index (κ3) is 2.38. The number of hydrogen-bond donors (Lipinski definition) is 0. The van der Waals surface area contributed by atoms with Gasteiger partial charge in [0.2, 0.25) is 10.0 Å². The molecule has 0 bridgehead atoms. The van der Waals surface area contributed by atoms with Gasteiger partial charge in [0.1, 0.15) is 17.0 Å². The normalized spacial score (nSPS) is 20.1. The van der Waals surface area contributed by atoms with Crippen molar-refractivity contribution in [3.05, 3.63) is 17.8 Å². The summed E-state index contributed by atoms with van der Waals surface area (Å²) in [6, 6.07) is 2.02. The predicted octanol–water partition coefficient (Wildman–Crippen LogP) is 1.16. The van der Waals surface area contributed by atoms with E-state index in [4.69, 9.17) is 0 Å². The van der Waals surface area contributed by atoms with Crippen molar-refractivity contribution < 1.29 is 8.42 Å². The Hall–Kier alpha value is -1.25. The summed E-state index contributed by atoms with van der Waals surface area (Å²) in [4.78, 5) is 11.7. The number of nitrogens with zero attached hydrogens (tertiary/aromatic N) is 4. The molecule has 1 unspecified atom stereocenters. The number of likely N-dealkylation sites (N-methyl/N-ethyl adjacent to an activating group) is 1. The van der Waals surface area contributed by atoms with Gasteiger partial charge in [0.25, 0.3) is 0 Å². The van der Waals surface area contributed by atoms with Crippen LogP contribution in [0.25, 0.3) is 10.2 Å². The molecule has 0 N–H and O–H groups in total. The Bertz CT molecular complexity index is 728. The van der Waals surface area contributed by atoms with Gasteiger partial charge in [-0.1, -0.05) is 0 Å². The number of rotatable bonds is 3. The maximum absolute atomic E-state index is 11.6. The zero-order valence-electron chi connectivity index (χ0n) is 11.4. The first kappa shape index (κ1) is 13.7. The zero-order valence-corrected chi connectivity index (χ0v) is 13.0. The van der Waals surface area contributed by atoms with Gasteiger partial charge in [0.15, 0.2) is 0 Å². The fourth-order valence-corrected chi connectivity index (χ4v) is 3.97. The van der Waals surface area contributed by atoms with E-state index in [1.165, 1.54) is 10.6 Å². The smallest absolute Gasteiger partial charge is 0.211 e. The van der Waals surface area contributed by atoms with Crippen molar-refractivity contribution in [1.29, 1.82) is 0 Å². The minimum Gasteiger partial charge on any atom is -0.354 e. The number of aromatic nitrogens is 2. The van der Waals surface area contributed by atoms with Gasteiger partial charge in [-0.25, -0.2) is 22.7 Å². The van der Waals surface area contributed by atoms with Crippen LogP contribution in [0.4, 0.5) is 5.82 Å². The molecule has 2 aromatic rings. The average molecular weight is 312 g/mol. The highest BCUT2D eigenvalue weighted by Crippen LogP contribution is 2.30. The van der Waals surface area contributed by atoms with E-state index >= 15 is 0 Å². The van der Waals surface area contributed by atoms with Crippen molar-refractivity contribution in [2.24, 2.45) is 0 Å². The maximum atomic E-state index is 11.6. The van der Waals surface area contributed by atoms with Gasteiger partial charge in [0, 0.05) is 26.2 Å². The van der Waals surface area contributed by atoms with Gasteiger partial charge >= 0.3 is 0 Å². The number of anilines is 1. The second-order valence-corrected chi connectivity index (χ2v) is 7.94. The standard InChI is InChI=1S/C12H16N4O2S2/c1-15(20(2,17)18)9-3-5-16(7-9)11-10-4-6-19-12(10)14-8-13-11/h4,6,8-9H,3,5,7H2,1-2H3. The van der Waals surface area contributed by atoms with Crippen LogP contribution in [0.5, 0.6) is 0 Å². The summed E-state index contributed by atoms with van der Waals surface area (Å²) in [7, 11) is -1.51. The summed E-state index contributed by atoms with van der Waals surface area (Å²) in [5.41, 5.74) is 0. The summed E-state index contributed by atoms with van der Waals surface area (Å²) in [6.45, 7) is 1.48. The molecule has 3 heterocycles. The highest BCUT2D eigenvalue weighted by molar-refractivity contribution is 7.88. The number of sulfonamides is 1. The molecule has 6 nitrogen and oxygen atoms in total. The Morgan fingerprint density at radius 2 is 2.25 bits per heavy atom. The van der Waals surface area contributed by atoms with E-state index in [9.17, 15) is 8.42 Å². The minimum absolute atomic E-state index is 0.00801. The molecule has 1 atom stereocenters. The molecule has 1 aliphatic heterocycles. The first-order chi connectivity index (χ1) is 9.47. The van der Waals surface area contributed by atoms with Crippen molar-refractivity contribution in [2.75, 3.05) is 31.3 Å². The molecule has 0 aromatic carbocycles. The molecule has 0 aliphatic carbocycles. The van der Waals surface area contributed by atoms with Crippen LogP contribution in [0.15, 0.2) is 17.8 Å². The largest absolute Gasteiger partial charge is 0.354 e. The highest BCUT2D eigenvalue weighted by Gasteiger charge is 2.31. The Morgan fingerprint density at radius 3 is 3.00 bits per heavy atom. The van der Waals surface area contributed by atoms with Crippen LogP contribution in [0, 0.1) is 0 Å². The molecule has 2 aromatic heterocycles. The van der Waals surface area contributed by atoms with E-state index in [0.29, 0.717) is 6.54 Å². The van der Waals surface area contributed by atoms with E-state index < -0.39 is 10.0 Å². The van der Waals surface area contributed by atoms with Crippen molar-refractivity contribution >= 4 is 37.4 Å². The van der Waals surface area contributed by atoms with Gasteiger partial charge in [-0.2, -0.15) is 0 Å². The topological polar surface area (TPSA) is 66.4 Å². The maximum Gasteiger partial charge on any atom is 0.211 e. The first-order valence-electron chi connectivity index (χ1n) is 6.33. The van der Waals surface area contributed by atoms with Crippen LogP contribution in [-0.2, 0) is 10.0 Å². The van der Waals surface area contributed by atoms with Crippen LogP contribution in [-0.4, -0.2) is 55.1 Å². The van der Waals surface area contributed by atoms with Crippen LogP contribution < -0.4 is 4.90 Å². The molecule has 1 aliphatic rings. The second kappa shape index (κ2) is 4.94. The summed E-state index contributed by atoms with van der Waals surface area (Å²) in [6.07, 6.45) is 3.64. The SMILES string of the molecule is CN(C1CCN(c2ncnc3sccc23)C1)S(C)(=O)=O. The molecule has 1 fully saturated rings. The second-order valence-electron chi connectivity index (χ2n) is 5.00. The van der Waals surface area contributed by atoms with Gasteiger partial charge in [-0.15, -0.1) is 11.3 Å². The van der Waals surface area contributed by atoms with Crippen LogP contribution in [0.2, 0.25) is 0 Å². The monoisotopic (exact) mass is 312 g/mol. The van der Waals surface area contributed by atoms with Crippen molar-refractivity contribution in [3.63, 3.8) is 0 Å². The fourth-order valence-electron chi connectivity index (χ4n) is 2.53. The molecule has 0 radical (unpaired) electrons. The Balaban J connectivity index is 1.86. The van der Waals surface area contributed by atoms with Gasteiger partial charge in [0.05, 0.1) is 11.6 Å². The lowest BCUT2D eigenvalue weighted by atomic mass is 10.3. The van der Waals surface area contributed by atoms with Crippen LogP contribution >= 0.6 is 11.3 Å². The molecule has 0 saturated carbocycles. The molecule has 8 heteroatoms. The zero-order chi connectivity index (χ0) is 14.3. The molecule has 108 valence electrons. The third-order valence-corrected chi connectivity index (χ3v) is 5.91. The van der Waals surface area contributed by atoms with Crippen molar-refractivity contribution in [2.45, 2.75) is 12.5 Å². The van der Waals surface area contributed by atoms with Gasteiger partial charge in [-0.05, 0) is 17.9 Å². The average Bonchev–Trinajstić information content (AvgIpc) is 3.05. The summed E-state index contributed by atoms with van der Waals surface area (Å²) in [5.74, 6) is 0.903. The van der Waals surface area contributed by atoms with E-state index in [2.05, 4.69) is 14.9 Å². The summed E-state index contributed by atoms with van der Waals surface area (Å²) >= 11 is 1.59. The summed E-state index contributed by atoms with van der Waals surface area (Å²) in [5, 5.41) is 3.04. The molecule has 3 rings (SSSR count). The highest BCUT2D eigenvalue weighted by atomic mass is 32.2. The molecular formula is C12H16N4O2S2. The number of hydrogen-bond acceptors (Lipinski definition) is 6. The lowest BCUT2D eigenvalue weighted by Crippen LogP contribution is -2.38. The van der Waals surface area contributed by atoms with E-state index in [1.807, 2.05) is 11.4 Å². The Morgan fingerprint density at radius 1 is 1.45 bits per heavy atom. The van der Waals surface area contributed by atoms with Crippen molar-refractivity contribution in [3.8, 4) is 0 Å². The van der Waals surface area contributed by atoms with Gasteiger partial charge < -0.3 is 4.90 Å². The van der Waals surface area contributed by atoms with Crippen LogP contribution in [0.1, 0.15) is 6.42 Å². The molecule has 20 heavy (non-hydrogen) atoms. The quantitative estimate of drug-likeness (QED) is 0.851. The first-order valence-corrected chi connectivity index (χ1v) is 9.06.